The number of carbonyl (C=O) groups is 1. The van der Waals surface area contributed by atoms with Gasteiger partial charge < -0.3 is 14.9 Å². The van der Waals surface area contributed by atoms with Crippen molar-refractivity contribution in [2.75, 3.05) is 23.4 Å². The fourth-order valence-corrected chi connectivity index (χ4v) is 5.93. The smallest absolute Gasteiger partial charge is 0.268 e. The number of aromatic nitrogens is 2. The first-order valence-corrected chi connectivity index (χ1v) is 14.2. The summed E-state index contributed by atoms with van der Waals surface area (Å²) in [5.74, 6) is 0.218. The summed E-state index contributed by atoms with van der Waals surface area (Å²) in [6.45, 7) is 8.41. The van der Waals surface area contributed by atoms with E-state index in [0.29, 0.717) is 16.9 Å². The van der Waals surface area contributed by atoms with Crippen LogP contribution in [0.4, 0.5) is 11.5 Å². The van der Waals surface area contributed by atoms with Crippen molar-refractivity contribution >= 4 is 27.4 Å². The zero-order chi connectivity index (χ0) is 27.7. The van der Waals surface area contributed by atoms with Crippen LogP contribution in [0.5, 0.6) is 0 Å². The number of fused-ring (bicyclic) bond motifs is 1. The van der Waals surface area contributed by atoms with Crippen molar-refractivity contribution in [3.8, 4) is 0 Å². The zero-order valence-electron chi connectivity index (χ0n) is 22.5. The first kappa shape index (κ1) is 27.7. The van der Waals surface area contributed by atoms with Gasteiger partial charge in [-0.3, -0.25) is 9.78 Å². The highest BCUT2D eigenvalue weighted by molar-refractivity contribution is 7.89. The van der Waals surface area contributed by atoms with Gasteiger partial charge in [0.1, 0.15) is 5.82 Å². The Kier molecular flexibility index (Phi) is 7.60. The van der Waals surface area contributed by atoms with Gasteiger partial charge in [-0.25, -0.2) is 18.1 Å². The summed E-state index contributed by atoms with van der Waals surface area (Å²) >= 11 is 0. The molecule has 9 nitrogen and oxygen atoms in total. The molecule has 1 unspecified atom stereocenters. The van der Waals surface area contributed by atoms with Gasteiger partial charge in [-0.1, -0.05) is 43.7 Å². The molecule has 0 bridgehead atoms. The number of hydrogen-bond donors (Lipinski definition) is 2. The third-order valence-electron chi connectivity index (χ3n) is 6.41. The van der Waals surface area contributed by atoms with Gasteiger partial charge in [0.05, 0.1) is 35.2 Å². The predicted octanol–water partition coefficient (Wildman–Crippen LogP) is 3.57. The van der Waals surface area contributed by atoms with Crippen molar-refractivity contribution in [3.05, 3.63) is 77.7 Å². The fraction of sp³-hybridized carbons (Fsp3) is 0.393. The topological polar surface area (TPSA) is 116 Å². The molecular formula is C28H35N5O4S. The van der Waals surface area contributed by atoms with E-state index in [9.17, 15) is 18.3 Å². The van der Waals surface area contributed by atoms with Crippen LogP contribution in [0.15, 0.2) is 65.8 Å². The van der Waals surface area contributed by atoms with E-state index in [1.165, 1.54) is 29.2 Å². The summed E-state index contributed by atoms with van der Waals surface area (Å²) in [6.07, 6.45) is 5.47. The first-order chi connectivity index (χ1) is 17.9. The summed E-state index contributed by atoms with van der Waals surface area (Å²) in [6, 6.07) is 12.8. The number of carbonyl (C=O) groups excluding carboxylic acids is 1. The van der Waals surface area contributed by atoms with E-state index in [1.807, 2.05) is 11.9 Å². The van der Waals surface area contributed by atoms with E-state index in [2.05, 4.69) is 21.6 Å². The fourth-order valence-electron chi connectivity index (χ4n) is 4.51. The number of rotatable bonds is 9. The number of para-hydroxylation sites is 1. The largest absolute Gasteiger partial charge is 0.372 e. The van der Waals surface area contributed by atoms with Gasteiger partial charge in [-0.15, -0.1) is 0 Å². The second-order valence-electron chi connectivity index (χ2n) is 10.6. The lowest BCUT2D eigenvalue weighted by Crippen LogP contribution is -2.41. The van der Waals surface area contributed by atoms with Crippen LogP contribution < -0.4 is 14.5 Å². The molecule has 2 N–H and O–H groups in total. The minimum absolute atomic E-state index is 0.0506. The van der Waals surface area contributed by atoms with E-state index in [4.69, 9.17) is 0 Å². The summed E-state index contributed by atoms with van der Waals surface area (Å²) in [5, 5.41) is 11.8. The average molecular weight is 538 g/mol. The molecule has 0 radical (unpaired) electrons. The van der Waals surface area contributed by atoms with Crippen molar-refractivity contribution in [3.63, 3.8) is 0 Å². The van der Waals surface area contributed by atoms with Crippen molar-refractivity contribution in [1.29, 1.82) is 0 Å². The molecule has 1 aliphatic rings. The monoisotopic (exact) mass is 537 g/mol. The van der Waals surface area contributed by atoms with Crippen molar-refractivity contribution in [2.24, 2.45) is 0 Å². The van der Waals surface area contributed by atoms with Gasteiger partial charge in [0, 0.05) is 24.7 Å². The Labute approximate surface area is 224 Å². The minimum Gasteiger partial charge on any atom is -0.372 e. The number of nitrogens with one attached hydrogen (secondary N) is 1. The highest BCUT2D eigenvalue weighted by Crippen LogP contribution is 2.45. The summed E-state index contributed by atoms with van der Waals surface area (Å²) < 4.78 is 28.1. The molecule has 2 heterocycles. The molecule has 0 saturated heterocycles. The molecule has 1 atom stereocenters. The molecule has 4 rings (SSSR count). The van der Waals surface area contributed by atoms with Crippen molar-refractivity contribution in [2.45, 2.75) is 63.1 Å². The zero-order valence-corrected chi connectivity index (χ0v) is 23.3. The number of unbranched alkanes of at least 4 members (excludes halogenated alkanes) is 1. The van der Waals surface area contributed by atoms with Crippen LogP contribution in [0.2, 0.25) is 0 Å². The average Bonchev–Trinajstić information content (AvgIpc) is 3.09. The number of benzene rings is 2. The minimum atomic E-state index is -3.76. The third-order valence-corrected chi connectivity index (χ3v) is 8.19. The number of nitrogens with zero attached hydrogens (tertiary/aromatic N) is 4. The molecule has 0 saturated carbocycles. The van der Waals surface area contributed by atoms with Gasteiger partial charge in [0.15, 0.2) is 5.60 Å². The molecule has 0 aliphatic carbocycles. The maximum absolute atomic E-state index is 13.7. The van der Waals surface area contributed by atoms with E-state index in [0.717, 1.165) is 25.2 Å². The SMILES string of the molecule is CCCCN(C)c1cnc(CN2C(=O)C(O)(c3ccc(S(=O)(=O)NC(C)(C)C)cc3)c3ccccc32)cn1. The van der Waals surface area contributed by atoms with Crippen LogP contribution in [-0.2, 0) is 27.0 Å². The van der Waals surface area contributed by atoms with E-state index < -0.39 is 27.1 Å². The third kappa shape index (κ3) is 5.43. The van der Waals surface area contributed by atoms with E-state index >= 15 is 0 Å². The van der Waals surface area contributed by atoms with Crippen LogP contribution in [0.3, 0.4) is 0 Å². The molecule has 3 aromatic rings. The summed E-state index contributed by atoms with van der Waals surface area (Å²) in [4.78, 5) is 26.3. The standard InChI is InChI=1S/C28H35N5O4S/c1-6-7-16-32(5)25-18-29-21(17-30-25)19-33-24-11-9-8-10-23(24)28(35,26(33)34)20-12-14-22(15-13-20)38(36,37)31-27(2,3)4/h8-15,17-18,31,35H,6-7,16,19H2,1-5H3. The summed E-state index contributed by atoms with van der Waals surface area (Å²) in [5.41, 5.74) is -0.757. The Bertz CT molecular complexity index is 1400. The Balaban J connectivity index is 1.62. The molecule has 1 aliphatic heterocycles. The van der Waals surface area contributed by atoms with E-state index in [-0.39, 0.29) is 17.0 Å². The molecular weight excluding hydrogens is 502 g/mol. The Hall–Kier alpha value is -3.34. The van der Waals surface area contributed by atoms with E-state index in [1.54, 1.807) is 57.4 Å². The molecule has 202 valence electrons. The van der Waals surface area contributed by atoms with Gasteiger partial charge in [0.25, 0.3) is 5.91 Å². The number of hydrogen-bond acceptors (Lipinski definition) is 7. The Morgan fingerprint density at radius 2 is 1.74 bits per heavy atom. The second-order valence-corrected chi connectivity index (χ2v) is 12.3. The second kappa shape index (κ2) is 10.4. The molecule has 1 amide bonds. The predicted molar refractivity (Wildman–Crippen MR) is 147 cm³/mol. The lowest BCUT2D eigenvalue weighted by atomic mass is 9.87. The van der Waals surface area contributed by atoms with Crippen LogP contribution in [0.1, 0.15) is 57.4 Å². The van der Waals surface area contributed by atoms with Gasteiger partial charge in [-0.05, 0) is 51.0 Å². The normalized spacial score (nSPS) is 17.5. The Morgan fingerprint density at radius 3 is 2.34 bits per heavy atom. The lowest BCUT2D eigenvalue weighted by Gasteiger charge is -2.24. The van der Waals surface area contributed by atoms with Crippen molar-refractivity contribution in [1.82, 2.24) is 14.7 Å². The van der Waals surface area contributed by atoms with Crippen LogP contribution in [0.25, 0.3) is 0 Å². The molecule has 10 heteroatoms. The maximum atomic E-state index is 13.7. The van der Waals surface area contributed by atoms with Gasteiger partial charge in [-0.2, -0.15) is 0 Å². The highest BCUT2D eigenvalue weighted by Gasteiger charge is 2.51. The highest BCUT2D eigenvalue weighted by atomic mass is 32.2. The van der Waals surface area contributed by atoms with Crippen LogP contribution in [-0.4, -0.2) is 48.5 Å². The molecule has 2 aromatic carbocycles. The number of aliphatic hydroxyl groups is 1. The molecule has 1 aromatic heterocycles. The van der Waals surface area contributed by atoms with Gasteiger partial charge >= 0.3 is 0 Å². The van der Waals surface area contributed by atoms with Crippen molar-refractivity contribution < 1.29 is 18.3 Å². The number of sulfonamides is 1. The number of anilines is 2. The first-order valence-electron chi connectivity index (χ1n) is 12.7. The van der Waals surface area contributed by atoms with Gasteiger partial charge in [0.2, 0.25) is 10.0 Å². The molecule has 0 spiro atoms. The summed E-state index contributed by atoms with van der Waals surface area (Å²) in [7, 11) is -1.80. The van der Waals surface area contributed by atoms with Crippen LogP contribution >= 0.6 is 0 Å². The quantitative estimate of drug-likeness (QED) is 0.429. The maximum Gasteiger partial charge on any atom is 0.268 e. The lowest BCUT2D eigenvalue weighted by molar-refractivity contribution is -0.132. The Morgan fingerprint density at radius 1 is 1.05 bits per heavy atom. The van der Waals surface area contributed by atoms with Crippen LogP contribution in [0, 0.1) is 0 Å². The number of amides is 1. The molecule has 38 heavy (non-hydrogen) atoms. The molecule has 0 fully saturated rings.